The first-order valence-electron chi connectivity index (χ1n) is 0.783. The van der Waals surface area contributed by atoms with Gasteiger partial charge in [0, 0.05) is 0 Å². The van der Waals surface area contributed by atoms with Crippen molar-refractivity contribution < 1.29 is 24.7 Å². The van der Waals surface area contributed by atoms with E-state index in [4.69, 9.17) is 19.2 Å². The lowest BCUT2D eigenvalue weighted by Crippen LogP contribution is -1.66. The first kappa shape index (κ1) is 15.6. The quantitative estimate of drug-likeness (QED) is 0.357. The Morgan fingerprint density at radius 2 is 1.14 bits per heavy atom. The summed E-state index contributed by atoms with van der Waals surface area (Å²) in [4.78, 5) is 21.6. The van der Waals surface area contributed by atoms with E-state index in [1.54, 1.807) is 0 Å². The molecule has 0 saturated carbocycles. The van der Waals surface area contributed by atoms with Gasteiger partial charge in [-0.1, -0.05) is 0 Å². The van der Waals surface area contributed by atoms with Crippen LogP contribution in [0, 0.1) is 0 Å². The fourth-order valence-corrected chi connectivity index (χ4v) is 0. The molecule has 0 heterocycles. The average Bonchev–Trinajstić information content (AvgIpc) is 0.722. The Morgan fingerprint density at radius 1 is 1.14 bits per heavy atom. The molecule has 0 aromatic heterocycles. The highest BCUT2D eigenvalue weighted by Crippen LogP contribution is 2.25. The molecule has 0 saturated heterocycles. The number of phosphoric acid groups is 1. The zero-order valence-electron chi connectivity index (χ0n) is 3.40. The fraction of sp³-hybridized carbons (Fsp3) is 0. The van der Waals surface area contributed by atoms with E-state index >= 15 is 0 Å². The molecule has 0 aliphatic carbocycles. The van der Waals surface area contributed by atoms with Crippen molar-refractivity contribution in [2.75, 3.05) is 0 Å². The monoisotopic (exact) mass is 150 g/mol. The van der Waals surface area contributed by atoms with Crippen molar-refractivity contribution in [3.05, 3.63) is 0 Å². The van der Waals surface area contributed by atoms with Gasteiger partial charge in [-0.25, -0.2) is 4.57 Å². The summed E-state index contributed by atoms with van der Waals surface area (Å²) >= 11 is 0. The van der Waals surface area contributed by atoms with Crippen molar-refractivity contribution in [1.29, 1.82) is 0 Å². The fourth-order valence-electron chi connectivity index (χ4n) is 0. The van der Waals surface area contributed by atoms with Crippen molar-refractivity contribution in [2.45, 2.75) is 0 Å². The highest BCUT2D eigenvalue weighted by Gasteiger charge is 2.00. The van der Waals surface area contributed by atoms with Crippen LogP contribution in [0.3, 0.4) is 0 Å². The average molecular weight is 150 g/mol. The summed E-state index contributed by atoms with van der Waals surface area (Å²) < 4.78 is 8.88. The molecular weight excluding hydrogens is 142 g/mol. The van der Waals surface area contributed by atoms with Crippen molar-refractivity contribution >= 4 is 17.7 Å². The van der Waals surface area contributed by atoms with Gasteiger partial charge >= 0.3 is 7.82 Å². The predicted octanol–water partition coefficient (Wildman–Crippen LogP) is -1.70. The molecular formula is H8O5P2. The maximum atomic E-state index is 8.88. The Bertz CT molecular complexity index is 52.2. The summed E-state index contributed by atoms with van der Waals surface area (Å²) in [5.41, 5.74) is 0. The minimum absolute atomic E-state index is 0. The van der Waals surface area contributed by atoms with Gasteiger partial charge in [-0.2, -0.15) is 9.90 Å². The zero-order valence-corrected chi connectivity index (χ0v) is 5.71. The third kappa shape index (κ3) is 527. The summed E-state index contributed by atoms with van der Waals surface area (Å²) in [6, 6.07) is 0. The third-order valence-corrected chi connectivity index (χ3v) is 0. The zero-order chi connectivity index (χ0) is 4.50. The van der Waals surface area contributed by atoms with E-state index < -0.39 is 7.82 Å². The summed E-state index contributed by atoms with van der Waals surface area (Å²) in [6.07, 6.45) is 0. The molecule has 0 aliphatic heterocycles. The molecule has 5 nitrogen and oxygen atoms in total. The first-order chi connectivity index (χ1) is 2.00. The lowest BCUT2D eigenvalue weighted by atomic mass is 15.8. The number of rotatable bonds is 0. The smallest absolute Gasteiger partial charge is 0.412 e. The lowest BCUT2D eigenvalue weighted by molar-refractivity contribution is 0.275. The van der Waals surface area contributed by atoms with Gasteiger partial charge in [0.05, 0.1) is 0 Å². The molecule has 48 valence electrons. The van der Waals surface area contributed by atoms with Crippen LogP contribution in [-0.4, -0.2) is 20.2 Å². The Balaban J connectivity index is -0.0000000800. The van der Waals surface area contributed by atoms with Crippen LogP contribution in [0.1, 0.15) is 0 Å². The molecule has 0 aromatic rings. The van der Waals surface area contributed by atoms with Crippen molar-refractivity contribution in [1.82, 2.24) is 0 Å². The van der Waals surface area contributed by atoms with Crippen LogP contribution in [0.5, 0.6) is 0 Å². The van der Waals surface area contributed by atoms with E-state index in [-0.39, 0.29) is 15.4 Å². The van der Waals surface area contributed by atoms with E-state index in [0.717, 1.165) is 0 Å². The molecule has 0 amide bonds. The molecule has 7 heteroatoms. The molecule has 0 spiro atoms. The molecule has 0 bridgehead atoms. The Morgan fingerprint density at radius 3 is 1.14 bits per heavy atom. The van der Waals surface area contributed by atoms with Gasteiger partial charge in [-0.15, -0.1) is 0 Å². The van der Waals surface area contributed by atoms with Crippen LogP contribution < -0.4 is 0 Å². The second-order valence-electron chi connectivity index (χ2n) is 0.513. The van der Waals surface area contributed by atoms with Gasteiger partial charge in [0.1, 0.15) is 0 Å². The maximum Gasteiger partial charge on any atom is 0.466 e. The lowest BCUT2D eigenvalue weighted by Gasteiger charge is -1.82. The molecule has 0 aromatic carbocycles. The van der Waals surface area contributed by atoms with E-state index in [2.05, 4.69) is 0 Å². The van der Waals surface area contributed by atoms with Gasteiger partial charge in [-0.3, -0.25) is 0 Å². The van der Waals surface area contributed by atoms with E-state index in [9.17, 15) is 0 Å². The van der Waals surface area contributed by atoms with Crippen LogP contribution in [0.2, 0.25) is 0 Å². The maximum absolute atomic E-state index is 8.88. The second-order valence-corrected chi connectivity index (χ2v) is 1.54. The minimum Gasteiger partial charge on any atom is -0.412 e. The van der Waals surface area contributed by atoms with Crippen LogP contribution in [0.15, 0.2) is 0 Å². The molecule has 5 N–H and O–H groups in total. The molecule has 7 heavy (non-hydrogen) atoms. The van der Waals surface area contributed by atoms with Crippen LogP contribution in [-0.2, 0) is 4.57 Å². The molecule has 0 aliphatic rings. The van der Waals surface area contributed by atoms with Crippen molar-refractivity contribution in [3.63, 3.8) is 0 Å². The van der Waals surface area contributed by atoms with Crippen LogP contribution >= 0.6 is 17.7 Å². The van der Waals surface area contributed by atoms with Crippen LogP contribution in [0.4, 0.5) is 0 Å². The van der Waals surface area contributed by atoms with Gasteiger partial charge < -0.3 is 20.2 Å². The van der Waals surface area contributed by atoms with Gasteiger partial charge in [0.15, 0.2) is 0 Å². The summed E-state index contributed by atoms with van der Waals surface area (Å²) in [5.74, 6) is 0. The van der Waals surface area contributed by atoms with E-state index in [0.29, 0.717) is 0 Å². The highest BCUT2D eigenvalue weighted by molar-refractivity contribution is 7.45. The van der Waals surface area contributed by atoms with E-state index in [1.165, 1.54) is 0 Å². The minimum atomic E-state index is -4.64. The summed E-state index contributed by atoms with van der Waals surface area (Å²) in [7, 11) is -4.64. The standard InChI is InChI=1S/H3O4P.H2O.H3P/c1-5(2,3)4;;/h(H3,1,2,3,4);1H2;1H3. The van der Waals surface area contributed by atoms with Crippen molar-refractivity contribution in [3.8, 4) is 0 Å². The van der Waals surface area contributed by atoms with Gasteiger partial charge in [0.25, 0.3) is 0 Å². The summed E-state index contributed by atoms with van der Waals surface area (Å²) in [5, 5.41) is 0. The topological polar surface area (TPSA) is 109 Å². The predicted molar refractivity (Wildman–Crippen MR) is 29.0 cm³/mol. The Labute approximate surface area is 43.5 Å². The SMILES string of the molecule is O.O=P(O)(O)O.P. The first-order valence-corrected chi connectivity index (χ1v) is 2.35. The molecule has 0 radical (unpaired) electrons. The normalized spacial score (nSPS) is 8.43. The largest absolute Gasteiger partial charge is 0.466 e. The summed E-state index contributed by atoms with van der Waals surface area (Å²) in [6.45, 7) is 0. The Hall–Kier alpha value is 0.500. The van der Waals surface area contributed by atoms with Gasteiger partial charge in [-0.05, 0) is 0 Å². The number of hydrogen-bond donors (Lipinski definition) is 3. The molecule has 1 atom stereocenters. The highest BCUT2D eigenvalue weighted by atomic mass is 31.2. The van der Waals surface area contributed by atoms with Crippen LogP contribution in [0.25, 0.3) is 0 Å². The Kier molecular flexibility index (Phi) is 10.4. The third-order valence-electron chi connectivity index (χ3n) is 0. The van der Waals surface area contributed by atoms with E-state index in [1.807, 2.05) is 0 Å². The van der Waals surface area contributed by atoms with Gasteiger partial charge in [0.2, 0.25) is 0 Å². The van der Waals surface area contributed by atoms with Crippen molar-refractivity contribution in [2.24, 2.45) is 0 Å². The number of hydrogen-bond acceptors (Lipinski definition) is 1. The molecule has 0 rings (SSSR count). The second kappa shape index (κ2) is 4.65. The molecule has 1 unspecified atom stereocenters. The molecule has 0 fully saturated rings.